The molecule has 0 fully saturated rings. The molecule has 25 heavy (non-hydrogen) atoms. The van der Waals surface area contributed by atoms with Crippen LogP contribution in [0.5, 0.6) is 11.5 Å². The largest absolute Gasteiger partial charge is 0.496 e. The monoisotopic (exact) mass is 342 g/mol. The van der Waals surface area contributed by atoms with Crippen LogP contribution in [0.25, 0.3) is 0 Å². The summed E-state index contributed by atoms with van der Waals surface area (Å²) in [5.41, 5.74) is 7.66. The molecule has 0 aromatic heterocycles. The highest BCUT2D eigenvalue weighted by atomic mass is 16.5. The van der Waals surface area contributed by atoms with Crippen molar-refractivity contribution in [2.45, 2.75) is 12.8 Å². The summed E-state index contributed by atoms with van der Waals surface area (Å²) in [6.45, 7) is 1.60. The Morgan fingerprint density at radius 3 is 2.16 bits per heavy atom. The average Bonchev–Trinajstić information content (AvgIpc) is 2.66. The zero-order valence-electron chi connectivity index (χ0n) is 14.9. The highest BCUT2D eigenvalue weighted by molar-refractivity contribution is 5.80. The Kier molecular flexibility index (Phi) is 7.29. The Balaban J connectivity index is 2.10. The number of ether oxygens (including phenoxy) is 2. The summed E-state index contributed by atoms with van der Waals surface area (Å²) in [6.07, 6.45) is 1.03. The highest BCUT2D eigenvalue weighted by Crippen LogP contribution is 2.29. The second kappa shape index (κ2) is 9.69. The van der Waals surface area contributed by atoms with Crippen LogP contribution in [0.4, 0.5) is 0 Å². The van der Waals surface area contributed by atoms with Gasteiger partial charge in [0.1, 0.15) is 11.5 Å². The fourth-order valence-corrected chi connectivity index (χ4v) is 2.79. The molecule has 0 saturated heterocycles. The maximum absolute atomic E-state index is 12.8. The smallest absolute Gasteiger partial charge is 0.227 e. The zero-order chi connectivity index (χ0) is 18.1. The van der Waals surface area contributed by atoms with Crippen LogP contribution in [0.3, 0.4) is 0 Å². The Morgan fingerprint density at radius 1 is 0.960 bits per heavy atom. The number of benzene rings is 2. The lowest BCUT2D eigenvalue weighted by Gasteiger charge is -2.23. The van der Waals surface area contributed by atoms with Gasteiger partial charge in [0.25, 0.3) is 0 Å². The van der Waals surface area contributed by atoms with Gasteiger partial charge in [-0.3, -0.25) is 4.79 Å². The van der Waals surface area contributed by atoms with Gasteiger partial charge in [0.2, 0.25) is 5.91 Å². The molecule has 0 unspecified atom stereocenters. The van der Waals surface area contributed by atoms with Crippen LogP contribution in [0.2, 0.25) is 0 Å². The standard InChI is InChI=1S/C20H26N2O3/c1-24-18-9-6-10-19(25-2)17(18)15-20(23)22(14-12-21)13-11-16-7-4-3-5-8-16/h3-10H,11-15,21H2,1-2H3. The molecule has 0 radical (unpaired) electrons. The SMILES string of the molecule is COc1cccc(OC)c1CC(=O)N(CCN)CCc1ccccc1. The van der Waals surface area contributed by atoms with E-state index in [0.717, 1.165) is 12.0 Å². The maximum atomic E-state index is 12.8. The third kappa shape index (κ3) is 5.22. The number of carbonyl (C=O) groups is 1. The summed E-state index contributed by atoms with van der Waals surface area (Å²) in [5.74, 6) is 1.33. The van der Waals surface area contributed by atoms with E-state index in [0.29, 0.717) is 31.1 Å². The number of carbonyl (C=O) groups excluding carboxylic acids is 1. The number of amides is 1. The van der Waals surface area contributed by atoms with Gasteiger partial charge in [-0.2, -0.15) is 0 Å². The molecule has 0 bridgehead atoms. The Bertz CT molecular complexity index is 652. The van der Waals surface area contributed by atoms with Crippen LogP contribution in [-0.2, 0) is 17.6 Å². The van der Waals surface area contributed by atoms with E-state index in [-0.39, 0.29) is 12.3 Å². The van der Waals surface area contributed by atoms with Gasteiger partial charge < -0.3 is 20.1 Å². The quantitative estimate of drug-likeness (QED) is 0.759. The van der Waals surface area contributed by atoms with E-state index < -0.39 is 0 Å². The summed E-state index contributed by atoms with van der Waals surface area (Å²) < 4.78 is 10.8. The molecule has 0 spiro atoms. The predicted octanol–water partition coefficient (Wildman–Crippen LogP) is 2.28. The van der Waals surface area contributed by atoms with Crippen LogP contribution >= 0.6 is 0 Å². The van der Waals surface area contributed by atoms with Crippen LogP contribution in [-0.4, -0.2) is 44.7 Å². The Labute approximate surface area is 149 Å². The maximum Gasteiger partial charge on any atom is 0.227 e. The molecule has 0 atom stereocenters. The fourth-order valence-electron chi connectivity index (χ4n) is 2.79. The van der Waals surface area contributed by atoms with Crippen LogP contribution in [0.1, 0.15) is 11.1 Å². The van der Waals surface area contributed by atoms with Crippen molar-refractivity contribution < 1.29 is 14.3 Å². The molecule has 2 aromatic rings. The van der Waals surface area contributed by atoms with Crippen LogP contribution in [0.15, 0.2) is 48.5 Å². The molecule has 134 valence electrons. The molecular formula is C20H26N2O3. The van der Waals surface area contributed by atoms with E-state index >= 15 is 0 Å². The van der Waals surface area contributed by atoms with Crippen molar-refractivity contribution in [1.29, 1.82) is 0 Å². The second-order valence-corrected chi connectivity index (χ2v) is 5.72. The summed E-state index contributed by atoms with van der Waals surface area (Å²) in [4.78, 5) is 14.6. The molecule has 2 rings (SSSR count). The van der Waals surface area contributed by atoms with Crippen molar-refractivity contribution in [3.05, 3.63) is 59.7 Å². The lowest BCUT2D eigenvalue weighted by atomic mass is 10.1. The summed E-state index contributed by atoms with van der Waals surface area (Å²) in [6, 6.07) is 15.6. The molecular weight excluding hydrogens is 316 g/mol. The molecule has 5 nitrogen and oxygen atoms in total. The number of hydrogen-bond acceptors (Lipinski definition) is 4. The van der Waals surface area contributed by atoms with Gasteiger partial charge in [-0.25, -0.2) is 0 Å². The number of hydrogen-bond donors (Lipinski definition) is 1. The van der Waals surface area contributed by atoms with E-state index in [9.17, 15) is 4.79 Å². The topological polar surface area (TPSA) is 64.8 Å². The first kappa shape index (κ1) is 18.8. The van der Waals surface area contributed by atoms with Crippen molar-refractivity contribution in [3.63, 3.8) is 0 Å². The van der Waals surface area contributed by atoms with E-state index in [1.165, 1.54) is 5.56 Å². The summed E-state index contributed by atoms with van der Waals surface area (Å²) >= 11 is 0. The van der Waals surface area contributed by atoms with E-state index in [2.05, 4.69) is 12.1 Å². The van der Waals surface area contributed by atoms with Crippen LogP contribution in [0, 0.1) is 0 Å². The van der Waals surface area contributed by atoms with E-state index in [1.54, 1.807) is 19.1 Å². The minimum Gasteiger partial charge on any atom is -0.496 e. The first-order valence-electron chi connectivity index (χ1n) is 8.41. The van der Waals surface area contributed by atoms with Gasteiger partial charge in [0, 0.05) is 25.2 Å². The van der Waals surface area contributed by atoms with Gasteiger partial charge in [-0.05, 0) is 24.1 Å². The van der Waals surface area contributed by atoms with Gasteiger partial charge in [0.15, 0.2) is 0 Å². The molecule has 0 aliphatic rings. The molecule has 2 aromatic carbocycles. The normalized spacial score (nSPS) is 10.4. The molecule has 5 heteroatoms. The van der Waals surface area contributed by atoms with Gasteiger partial charge in [-0.1, -0.05) is 36.4 Å². The molecule has 0 saturated carbocycles. The van der Waals surface area contributed by atoms with Crippen molar-refractivity contribution in [2.24, 2.45) is 5.73 Å². The molecule has 1 amide bonds. The minimum atomic E-state index is 0.0178. The Morgan fingerprint density at radius 2 is 1.60 bits per heavy atom. The minimum absolute atomic E-state index is 0.0178. The van der Waals surface area contributed by atoms with Gasteiger partial charge >= 0.3 is 0 Å². The molecule has 0 aliphatic heterocycles. The highest BCUT2D eigenvalue weighted by Gasteiger charge is 2.18. The van der Waals surface area contributed by atoms with Crippen LogP contribution < -0.4 is 15.2 Å². The van der Waals surface area contributed by atoms with Crippen molar-refractivity contribution >= 4 is 5.91 Å². The molecule has 0 aliphatic carbocycles. The number of rotatable bonds is 9. The summed E-state index contributed by atoms with van der Waals surface area (Å²) in [7, 11) is 3.19. The first-order chi connectivity index (χ1) is 12.2. The van der Waals surface area contributed by atoms with Gasteiger partial charge in [0.05, 0.1) is 20.6 Å². The van der Waals surface area contributed by atoms with Crippen molar-refractivity contribution in [3.8, 4) is 11.5 Å². The number of methoxy groups -OCH3 is 2. The Hall–Kier alpha value is -2.53. The number of nitrogens with two attached hydrogens (primary N) is 1. The van der Waals surface area contributed by atoms with E-state index in [4.69, 9.17) is 15.2 Å². The lowest BCUT2D eigenvalue weighted by Crippen LogP contribution is -2.38. The third-order valence-corrected chi connectivity index (χ3v) is 4.12. The average molecular weight is 342 g/mol. The van der Waals surface area contributed by atoms with Crippen molar-refractivity contribution in [2.75, 3.05) is 33.9 Å². The van der Waals surface area contributed by atoms with Crippen molar-refractivity contribution in [1.82, 2.24) is 4.90 Å². The summed E-state index contributed by atoms with van der Waals surface area (Å²) in [5, 5.41) is 0. The molecule has 0 heterocycles. The van der Waals surface area contributed by atoms with E-state index in [1.807, 2.05) is 36.4 Å². The lowest BCUT2D eigenvalue weighted by molar-refractivity contribution is -0.130. The third-order valence-electron chi connectivity index (χ3n) is 4.12. The molecule has 2 N–H and O–H groups in total. The predicted molar refractivity (Wildman–Crippen MR) is 99.0 cm³/mol. The van der Waals surface area contributed by atoms with Gasteiger partial charge in [-0.15, -0.1) is 0 Å². The number of nitrogens with zero attached hydrogens (tertiary/aromatic N) is 1. The fraction of sp³-hybridized carbons (Fsp3) is 0.350. The second-order valence-electron chi connectivity index (χ2n) is 5.72. The first-order valence-corrected chi connectivity index (χ1v) is 8.41. The zero-order valence-corrected chi connectivity index (χ0v) is 14.9.